The first kappa shape index (κ1) is 18.2. The van der Waals surface area contributed by atoms with Crippen LogP contribution in [-0.2, 0) is 10.8 Å². The maximum atomic E-state index is 6.60. The Bertz CT molecular complexity index is 621. The summed E-state index contributed by atoms with van der Waals surface area (Å²) < 4.78 is 10.0. The third-order valence-corrected chi connectivity index (χ3v) is 10.5. The lowest BCUT2D eigenvalue weighted by Gasteiger charge is -2.38. The summed E-state index contributed by atoms with van der Waals surface area (Å²) in [5.74, 6) is 0. The van der Waals surface area contributed by atoms with Crippen molar-refractivity contribution in [3.05, 3.63) is 45.4 Å². The lowest BCUT2D eigenvalue weighted by atomic mass is 10.2. The van der Waals surface area contributed by atoms with Crippen molar-refractivity contribution < 1.29 is 4.43 Å². The van der Waals surface area contributed by atoms with Gasteiger partial charge in [0, 0.05) is 16.0 Å². The molecule has 120 valence electrons. The zero-order valence-corrected chi connectivity index (χ0v) is 18.0. The molecular formula is C18H25IOSSi. The average molecular weight is 444 g/mol. The minimum Gasteiger partial charge on any atom is -0.410 e. The van der Waals surface area contributed by atoms with Gasteiger partial charge in [0.05, 0.1) is 6.10 Å². The van der Waals surface area contributed by atoms with Crippen LogP contribution in [0.2, 0.25) is 18.1 Å². The minimum atomic E-state index is -1.75. The number of benzene rings is 1. The molecule has 1 atom stereocenters. The van der Waals surface area contributed by atoms with Crippen LogP contribution >= 0.6 is 33.9 Å². The summed E-state index contributed by atoms with van der Waals surface area (Å²) in [6.07, 6.45) is 3.34. The largest absolute Gasteiger partial charge is 0.410 e. The molecule has 0 aliphatic rings. The van der Waals surface area contributed by atoms with Crippen molar-refractivity contribution in [2.75, 3.05) is 0 Å². The van der Waals surface area contributed by atoms with E-state index in [2.05, 4.69) is 96.9 Å². The van der Waals surface area contributed by atoms with E-state index in [0.29, 0.717) is 0 Å². The molecule has 1 nitrogen and oxygen atoms in total. The molecule has 0 unspecified atom stereocenters. The molecule has 0 spiro atoms. The Morgan fingerprint density at radius 2 is 1.95 bits per heavy atom. The molecule has 0 amide bonds. The Kier molecular flexibility index (Phi) is 5.91. The lowest BCUT2D eigenvalue weighted by molar-refractivity contribution is 0.226. The molecule has 0 fully saturated rings. The molecule has 1 aromatic heterocycles. The predicted molar refractivity (Wildman–Crippen MR) is 111 cm³/mol. The van der Waals surface area contributed by atoms with Gasteiger partial charge in [-0.05, 0) is 39.7 Å². The van der Waals surface area contributed by atoms with Crippen LogP contribution in [0.5, 0.6) is 0 Å². The summed E-state index contributed by atoms with van der Waals surface area (Å²) in [6, 6.07) is 10.9. The van der Waals surface area contributed by atoms with Crippen LogP contribution < -0.4 is 0 Å². The third kappa shape index (κ3) is 4.43. The molecule has 4 heteroatoms. The van der Waals surface area contributed by atoms with Crippen molar-refractivity contribution in [1.82, 2.24) is 0 Å². The van der Waals surface area contributed by atoms with E-state index in [1.165, 1.54) is 15.0 Å². The molecule has 22 heavy (non-hydrogen) atoms. The van der Waals surface area contributed by atoms with Gasteiger partial charge in [-0.1, -0.05) is 67.6 Å². The van der Waals surface area contributed by atoms with Crippen molar-refractivity contribution in [3.8, 4) is 0 Å². The third-order valence-electron chi connectivity index (χ3n) is 4.42. The SMILES string of the molecule is CC(C)(C)[Si](C)(C)O[C@H](/C=C/I)Cc1cc2ccccc2s1. The molecule has 2 rings (SSSR count). The van der Waals surface area contributed by atoms with E-state index >= 15 is 0 Å². The van der Waals surface area contributed by atoms with Crippen LogP contribution in [0.3, 0.4) is 0 Å². The Hall–Kier alpha value is -0.173. The van der Waals surface area contributed by atoms with E-state index < -0.39 is 8.32 Å². The Labute approximate surface area is 153 Å². The Morgan fingerprint density at radius 3 is 2.55 bits per heavy atom. The smallest absolute Gasteiger partial charge is 0.192 e. The van der Waals surface area contributed by atoms with Crippen LogP contribution in [-0.4, -0.2) is 14.4 Å². The van der Waals surface area contributed by atoms with Gasteiger partial charge < -0.3 is 4.43 Å². The second kappa shape index (κ2) is 7.15. The highest BCUT2D eigenvalue weighted by atomic mass is 127. The molecule has 0 N–H and O–H groups in total. The van der Waals surface area contributed by atoms with Gasteiger partial charge in [-0.2, -0.15) is 0 Å². The quantitative estimate of drug-likeness (QED) is 0.365. The van der Waals surface area contributed by atoms with E-state index in [4.69, 9.17) is 4.43 Å². The fourth-order valence-electron chi connectivity index (χ4n) is 2.12. The zero-order valence-electron chi connectivity index (χ0n) is 14.0. The molecule has 2 aromatic rings. The van der Waals surface area contributed by atoms with Crippen LogP contribution in [0.4, 0.5) is 0 Å². The molecule has 1 aromatic carbocycles. The summed E-state index contributed by atoms with van der Waals surface area (Å²) >= 11 is 4.17. The van der Waals surface area contributed by atoms with Crippen LogP contribution in [0.15, 0.2) is 40.5 Å². The summed E-state index contributed by atoms with van der Waals surface area (Å²) in [5.41, 5.74) is 0. The summed E-state index contributed by atoms with van der Waals surface area (Å²) in [7, 11) is -1.75. The second-order valence-corrected chi connectivity index (χ2v) is 13.8. The monoisotopic (exact) mass is 444 g/mol. The minimum absolute atomic E-state index is 0.172. The number of hydrogen-bond acceptors (Lipinski definition) is 2. The predicted octanol–water partition coefficient (Wildman–Crippen LogP) is 6.78. The van der Waals surface area contributed by atoms with Crippen molar-refractivity contribution >= 4 is 52.3 Å². The molecule has 0 aliphatic carbocycles. The van der Waals surface area contributed by atoms with E-state index in [9.17, 15) is 0 Å². The van der Waals surface area contributed by atoms with Gasteiger partial charge in [0.15, 0.2) is 8.32 Å². The fraction of sp³-hybridized carbons (Fsp3) is 0.444. The van der Waals surface area contributed by atoms with Crippen LogP contribution in [0, 0.1) is 0 Å². The van der Waals surface area contributed by atoms with E-state index in [-0.39, 0.29) is 11.1 Å². The first-order chi connectivity index (χ1) is 10.2. The van der Waals surface area contributed by atoms with Crippen LogP contribution in [0.1, 0.15) is 25.6 Å². The number of halogens is 1. The van der Waals surface area contributed by atoms with Gasteiger partial charge in [0.2, 0.25) is 0 Å². The molecule has 0 bridgehead atoms. The highest BCUT2D eigenvalue weighted by molar-refractivity contribution is 14.1. The summed E-state index contributed by atoms with van der Waals surface area (Å²) in [5, 5.41) is 1.58. The van der Waals surface area contributed by atoms with Crippen molar-refractivity contribution in [3.63, 3.8) is 0 Å². The van der Waals surface area contributed by atoms with Gasteiger partial charge in [0.25, 0.3) is 0 Å². The molecular weight excluding hydrogens is 419 g/mol. The molecule has 0 radical (unpaired) electrons. The van der Waals surface area contributed by atoms with E-state index in [0.717, 1.165) is 6.42 Å². The van der Waals surface area contributed by atoms with Crippen LogP contribution in [0.25, 0.3) is 10.1 Å². The second-order valence-electron chi connectivity index (χ2n) is 7.19. The molecule has 0 saturated heterocycles. The van der Waals surface area contributed by atoms with E-state index in [1.807, 2.05) is 11.3 Å². The lowest BCUT2D eigenvalue weighted by Crippen LogP contribution is -2.44. The normalized spacial score (nSPS) is 14.8. The highest BCUT2D eigenvalue weighted by Crippen LogP contribution is 2.38. The summed E-state index contributed by atoms with van der Waals surface area (Å²) in [6.45, 7) is 11.5. The van der Waals surface area contributed by atoms with Crippen molar-refractivity contribution in [2.24, 2.45) is 0 Å². The van der Waals surface area contributed by atoms with Crippen molar-refractivity contribution in [2.45, 2.75) is 51.4 Å². The molecule has 0 aliphatic heterocycles. The zero-order chi connectivity index (χ0) is 16.4. The number of rotatable bonds is 5. The van der Waals surface area contributed by atoms with Gasteiger partial charge in [-0.15, -0.1) is 11.3 Å². The van der Waals surface area contributed by atoms with Gasteiger partial charge in [-0.25, -0.2) is 0 Å². The Balaban J connectivity index is 2.18. The maximum absolute atomic E-state index is 6.60. The number of hydrogen-bond donors (Lipinski definition) is 0. The maximum Gasteiger partial charge on any atom is 0.192 e. The first-order valence-electron chi connectivity index (χ1n) is 7.65. The molecule has 1 heterocycles. The summed E-state index contributed by atoms with van der Waals surface area (Å²) in [4.78, 5) is 1.40. The van der Waals surface area contributed by atoms with Gasteiger partial charge in [0.1, 0.15) is 0 Å². The standard InChI is InChI=1S/C18H25IOSSi/c1-18(2,3)22(4,5)20-15(10-11-19)13-16-12-14-8-6-7-9-17(14)21-16/h6-12,15H,13H2,1-5H3/b11-10+/t15-/m1/s1. The topological polar surface area (TPSA) is 9.23 Å². The van der Waals surface area contributed by atoms with Gasteiger partial charge in [-0.3, -0.25) is 0 Å². The van der Waals surface area contributed by atoms with Gasteiger partial charge >= 0.3 is 0 Å². The van der Waals surface area contributed by atoms with E-state index in [1.54, 1.807) is 0 Å². The number of fused-ring (bicyclic) bond motifs is 1. The molecule has 0 saturated carbocycles. The first-order valence-corrected chi connectivity index (χ1v) is 12.6. The number of thiophene rings is 1. The Morgan fingerprint density at radius 1 is 1.27 bits per heavy atom. The van der Waals surface area contributed by atoms with Crippen molar-refractivity contribution in [1.29, 1.82) is 0 Å². The fourth-order valence-corrected chi connectivity index (χ4v) is 4.96. The average Bonchev–Trinajstić information content (AvgIpc) is 2.79. The highest BCUT2D eigenvalue weighted by Gasteiger charge is 2.38.